The molecule has 1 amide bonds. The Kier molecular flexibility index (Phi) is 4.88. The summed E-state index contributed by atoms with van der Waals surface area (Å²) >= 11 is 0. The van der Waals surface area contributed by atoms with Gasteiger partial charge in [-0.05, 0) is 43.2 Å². The summed E-state index contributed by atoms with van der Waals surface area (Å²) in [5.74, 6) is -0.277. The van der Waals surface area contributed by atoms with Gasteiger partial charge in [0.15, 0.2) is 0 Å². The van der Waals surface area contributed by atoms with Crippen molar-refractivity contribution in [2.75, 3.05) is 5.32 Å². The van der Waals surface area contributed by atoms with Crippen LogP contribution in [0.15, 0.2) is 42.5 Å². The Hall–Kier alpha value is -2.69. The van der Waals surface area contributed by atoms with E-state index in [1.165, 1.54) is 23.8 Å². The molecular formula is C17H18N2O3. The van der Waals surface area contributed by atoms with Crippen LogP contribution in [0, 0.1) is 17.0 Å². The van der Waals surface area contributed by atoms with Gasteiger partial charge >= 0.3 is 0 Å². The molecule has 0 atom stereocenters. The number of aryl methyl sites for hydroxylation is 2. The molecule has 1 N–H and O–H groups in total. The summed E-state index contributed by atoms with van der Waals surface area (Å²) < 4.78 is 0. The molecule has 2 aromatic rings. The molecule has 0 saturated heterocycles. The van der Waals surface area contributed by atoms with Crippen LogP contribution in [-0.2, 0) is 6.42 Å². The molecule has 0 aliphatic rings. The van der Waals surface area contributed by atoms with Crippen molar-refractivity contribution in [3.63, 3.8) is 0 Å². The standard InChI is InChI=1S/C17H18N2O3/c1-3-4-13-5-8-15(9-6-13)18-17(20)14-7-10-16(19(21)22)12(2)11-14/h5-11H,3-4H2,1-2H3,(H,18,20). The molecule has 0 heterocycles. The number of nitrogens with zero attached hydrogens (tertiary/aromatic N) is 1. The predicted molar refractivity (Wildman–Crippen MR) is 86.2 cm³/mol. The van der Waals surface area contributed by atoms with Crippen LogP contribution in [0.5, 0.6) is 0 Å². The zero-order valence-electron chi connectivity index (χ0n) is 12.6. The summed E-state index contributed by atoms with van der Waals surface area (Å²) in [6, 6.07) is 12.0. The van der Waals surface area contributed by atoms with Crippen LogP contribution in [0.25, 0.3) is 0 Å². The predicted octanol–water partition coefficient (Wildman–Crippen LogP) is 4.11. The van der Waals surface area contributed by atoms with Crippen LogP contribution in [0.4, 0.5) is 11.4 Å². The third-order valence-electron chi connectivity index (χ3n) is 3.41. The van der Waals surface area contributed by atoms with Gasteiger partial charge in [0.2, 0.25) is 0 Å². The van der Waals surface area contributed by atoms with Crippen LogP contribution in [-0.4, -0.2) is 10.8 Å². The van der Waals surface area contributed by atoms with Crippen molar-refractivity contribution in [2.24, 2.45) is 0 Å². The van der Waals surface area contributed by atoms with Crippen molar-refractivity contribution >= 4 is 17.3 Å². The van der Waals surface area contributed by atoms with Crippen molar-refractivity contribution in [3.05, 3.63) is 69.3 Å². The van der Waals surface area contributed by atoms with Gasteiger partial charge in [-0.2, -0.15) is 0 Å². The highest BCUT2D eigenvalue weighted by Gasteiger charge is 2.13. The van der Waals surface area contributed by atoms with Crippen LogP contribution >= 0.6 is 0 Å². The van der Waals surface area contributed by atoms with Gasteiger partial charge in [-0.3, -0.25) is 14.9 Å². The van der Waals surface area contributed by atoms with Gasteiger partial charge in [-0.25, -0.2) is 0 Å². The molecule has 0 aromatic heterocycles. The molecule has 2 aromatic carbocycles. The van der Waals surface area contributed by atoms with E-state index in [1.807, 2.05) is 24.3 Å². The number of nitro benzene ring substituents is 1. The van der Waals surface area contributed by atoms with E-state index in [0.717, 1.165) is 12.8 Å². The summed E-state index contributed by atoms with van der Waals surface area (Å²) in [6.45, 7) is 3.74. The van der Waals surface area contributed by atoms with Gasteiger partial charge in [0.25, 0.3) is 11.6 Å². The molecule has 5 nitrogen and oxygen atoms in total. The normalized spacial score (nSPS) is 10.3. The van der Waals surface area contributed by atoms with Gasteiger partial charge < -0.3 is 5.32 Å². The van der Waals surface area contributed by atoms with E-state index in [4.69, 9.17) is 0 Å². The lowest BCUT2D eigenvalue weighted by Crippen LogP contribution is -2.12. The van der Waals surface area contributed by atoms with Gasteiger partial charge in [0.05, 0.1) is 4.92 Å². The lowest BCUT2D eigenvalue weighted by molar-refractivity contribution is -0.385. The smallest absolute Gasteiger partial charge is 0.272 e. The molecule has 0 bridgehead atoms. The van der Waals surface area contributed by atoms with Crippen molar-refractivity contribution in [3.8, 4) is 0 Å². The zero-order valence-corrected chi connectivity index (χ0v) is 12.6. The second-order valence-electron chi connectivity index (χ2n) is 5.16. The maximum Gasteiger partial charge on any atom is 0.272 e. The van der Waals surface area contributed by atoms with E-state index in [-0.39, 0.29) is 11.6 Å². The molecule has 0 spiro atoms. The van der Waals surface area contributed by atoms with Gasteiger partial charge in [-0.1, -0.05) is 25.5 Å². The van der Waals surface area contributed by atoms with E-state index in [2.05, 4.69) is 12.2 Å². The molecule has 0 unspecified atom stereocenters. The Morgan fingerprint density at radius 1 is 1.18 bits per heavy atom. The Bertz CT molecular complexity index is 694. The van der Waals surface area contributed by atoms with Gasteiger partial charge in [-0.15, -0.1) is 0 Å². The minimum absolute atomic E-state index is 0.0143. The minimum Gasteiger partial charge on any atom is -0.322 e. The monoisotopic (exact) mass is 298 g/mol. The number of rotatable bonds is 5. The number of anilines is 1. The van der Waals surface area contributed by atoms with Gasteiger partial charge in [0, 0.05) is 22.9 Å². The average Bonchev–Trinajstić information content (AvgIpc) is 2.49. The first kappa shape index (κ1) is 15.7. The van der Waals surface area contributed by atoms with Crippen molar-refractivity contribution in [1.29, 1.82) is 0 Å². The molecule has 5 heteroatoms. The Morgan fingerprint density at radius 3 is 2.41 bits per heavy atom. The summed E-state index contributed by atoms with van der Waals surface area (Å²) in [5, 5.41) is 13.6. The number of nitrogens with one attached hydrogen (secondary N) is 1. The van der Waals surface area contributed by atoms with E-state index in [0.29, 0.717) is 16.8 Å². The van der Waals surface area contributed by atoms with Crippen molar-refractivity contribution < 1.29 is 9.72 Å². The fraction of sp³-hybridized carbons (Fsp3) is 0.235. The molecule has 114 valence electrons. The summed E-state index contributed by atoms with van der Waals surface area (Å²) in [6.07, 6.45) is 2.09. The number of carbonyl (C=O) groups excluding carboxylic acids is 1. The molecule has 0 radical (unpaired) electrons. The summed E-state index contributed by atoms with van der Waals surface area (Å²) in [4.78, 5) is 22.5. The quantitative estimate of drug-likeness (QED) is 0.667. The molecular weight excluding hydrogens is 280 g/mol. The van der Waals surface area contributed by atoms with E-state index in [1.54, 1.807) is 6.92 Å². The summed E-state index contributed by atoms with van der Waals surface area (Å²) in [5.41, 5.74) is 2.82. The maximum atomic E-state index is 12.2. The minimum atomic E-state index is -0.455. The third-order valence-corrected chi connectivity index (χ3v) is 3.41. The van der Waals surface area contributed by atoms with Crippen LogP contribution in [0.1, 0.15) is 34.8 Å². The van der Waals surface area contributed by atoms with E-state index >= 15 is 0 Å². The number of carbonyl (C=O) groups is 1. The van der Waals surface area contributed by atoms with Crippen LogP contribution in [0.2, 0.25) is 0 Å². The second kappa shape index (κ2) is 6.85. The first-order valence-electron chi connectivity index (χ1n) is 7.16. The fourth-order valence-electron chi connectivity index (χ4n) is 2.25. The largest absolute Gasteiger partial charge is 0.322 e. The molecule has 22 heavy (non-hydrogen) atoms. The SMILES string of the molecule is CCCc1ccc(NC(=O)c2ccc([N+](=O)[O-])c(C)c2)cc1. The van der Waals surface area contributed by atoms with Crippen molar-refractivity contribution in [1.82, 2.24) is 0 Å². The molecule has 2 rings (SSSR count). The van der Waals surface area contributed by atoms with E-state index in [9.17, 15) is 14.9 Å². The molecule has 0 saturated carbocycles. The molecule has 0 fully saturated rings. The first-order chi connectivity index (χ1) is 10.5. The molecule has 0 aliphatic carbocycles. The molecule has 0 aliphatic heterocycles. The average molecular weight is 298 g/mol. The number of hydrogen-bond acceptors (Lipinski definition) is 3. The van der Waals surface area contributed by atoms with E-state index < -0.39 is 4.92 Å². The van der Waals surface area contributed by atoms with Crippen molar-refractivity contribution in [2.45, 2.75) is 26.7 Å². The van der Waals surface area contributed by atoms with Crippen LogP contribution < -0.4 is 5.32 Å². The second-order valence-corrected chi connectivity index (χ2v) is 5.16. The fourth-order valence-corrected chi connectivity index (χ4v) is 2.25. The summed E-state index contributed by atoms with van der Waals surface area (Å²) in [7, 11) is 0. The Labute approximate surface area is 129 Å². The lowest BCUT2D eigenvalue weighted by Gasteiger charge is -2.07. The lowest BCUT2D eigenvalue weighted by atomic mass is 10.1. The Morgan fingerprint density at radius 2 is 1.86 bits per heavy atom. The highest BCUT2D eigenvalue weighted by atomic mass is 16.6. The topological polar surface area (TPSA) is 72.2 Å². The van der Waals surface area contributed by atoms with Gasteiger partial charge in [0.1, 0.15) is 0 Å². The Balaban J connectivity index is 2.11. The maximum absolute atomic E-state index is 12.2. The zero-order chi connectivity index (χ0) is 16.1. The highest BCUT2D eigenvalue weighted by Crippen LogP contribution is 2.20. The number of nitro groups is 1. The first-order valence-corrected chi connectivity index (χ1v) is 7.16. The van der Waals surface area contributed by atoms with Crippen LogP contribution in [0.3, 0.4) is 0 Å². The third kappa shape index (κ3) is 3.69. The number of benzene rings is 2. The highest BCUT2D eigenvalue weighted by molar-refractivity contribution is 6.04. The number of hydrogen-bond donors (Lipinski definition) is 1. The number of amides is 1.